The fraction of sp³-hybridized carbons (Fsp3) is 0.0588. The third-order valence-electron chi connectivity index (χ3n) is 12.0. The Kier molecular flexibility index (Phi) is 6.53. The molecule has 1 aromatic heterocycles. The average Bonchev–Trinajstić information content (AvgIpc) is 3.60. The van der Waals surface area contributed by atoms with Gasteiger partial charge in [-0.25, -0.2) is 0 Å². The molecule has 4 heteroatoms. The van der Waals surface area contributed by atoms with Crippen LogP contribution in [-0.2, 0) is 5.41 Å². The summed E-state index contributed by atoms with van der Waals surface area (Å²) in [5, 5.41) is 10.3. The van der Waals surface area contributed by atoms with Crippen molar-refractivity contribution in [3.63, 3.8) is 0 Å². The minimum Gasteiger partial charge on any atom is -0.310 e. The first-order valence-corrected chi connectivity index (χ1v) is 20.6. The van der Waals surface area contributed by atoms with Crippen LogP contribution < -0.4 is 9.80 Å². The van der Waals surface area contributed by atoms with Crippen molar-refractivity contribution in [3.05, 3.63) is 181 Å². The summed E-state index contributed by atoms with van der Waals surface area (Å²) < 4.78 is 2.66. The van der Waals surface area contributed by atoms with E-state index in [9.17, 15) is 0 Å². The number of nitrogens with zero attached hydrogens (tertiary/aromatic N) is 2. The second kappa shape index (κ2) is 11.5. The standard InChI is InChI=1S/C51H34N2S2/c1-51(2)41-16-6-7-17-43(41)52(46-30-50-40(29-42(46)51)37-15-5-10-20-47(37)54-50)31-23-25-35-36-26-24-32(28-39(36)34-14-4-3-13-33(34)38(35)27-31)53-44-18-8-11-21-48(44)55-49-22-12-9-19-45(49)53/h3-30H,1-2H3. The maximum Gasteiger partial charge on any atom is 0.0601 e. The van der Waals surface area contributed by atoms with Crippen LogP contribution in [0.2, 0.25) is 0 Å². The Hall–Kier alpha value is -6.07. The highest BCUT2D eigenvalue weighted by molar-refractivity contribution is 7.99. The first kappa shape index (κ1) is 31.3. The zero-order chi connectivity index (χ0) is 36.4. The lowest BCUT2D eigenvalue weighted by Crippen LogP contribution is -2.30. The van der Waals surface area contributed by atoms with E-state index in [1.807, 2.05) is 23.1 Å². The number of anilines is 6. The minimum absolute atomic E-state index is 0.162. The first-order chi connectivity index (χ1) is 27.0. The van der Waals surface area contributed by atoms with E-state index < -0.39 is 0 Å². The van der Waals surface area contributed by atoms with Crippen LogP contribution in [0.3, 0.4) is 0 Å². The van der Waals surface area contributed by atoms with Crippen LogP contribution in [0.1, 0.15) is 25.0 Å². The molecule has 0 saturated carbocycles. The Morgan fingerprint density at radius 3 is 1.53 bits per heavy atom. The van der Waals surface area contributed by atoms with Crippen LogP contribution in [0.5, 0.6) is 0 Å². The molecule has 0 spiro atoms. The molecule has 0 bridgehead atoms. The second-order valence-electron chi connectivity index (χ2n) is 15.3. The van der Waals surface area contributed by atoms with E-state index in [1.54, 1.807) is 0 Å². The third kappa shape index (κ3) is 4.44. The van der Waals surface area contributed by atoms with Gasteiger partial charge in [0.25, 0.3) is 0 Å². The van der Waals surface area contributed by atoms with Crippen LogP contribution >= 0.6 is 23.1 Å². The summed E-state index contributed by atoms with van der Waals surface area (Å²) >= 11 is 3.74. The molecule has 2 aliphatic heterocycles. The van der Waals surface area contributed by atoms with E-state index in [0.717, 1.165) is 0 Å². The zero-order valence-electron chi connectivity index (χ0n) is 30.4. The topological polar surface area (TPSA) is 6.48 Å². The van der Waals surface area contributed by atoms with E-state index in [2.05, 4.69) is 194 Å². The molecular weight excluding hydrogens is 705 g/mol. The van der Waals surface area contributed by atoms with Crippen molar-refractivity contribution in [2.24, 2.45) is 0 Å². The summed E-state index contributed by atoms with van der Waals surface area (Å²) in [6, 6.07) is 63.4. The highest BCUT2D eigenvalue weighted by atomic mass is 32.2. The van der Waals surface area contributed by atoms with Crippen molar-refractivity contribution in [2.75, 3.05) is 9.80 Å². The normalized spacial score (nSPS) is 14.4. The molecule has 0 atom stereocenters. The lowest BCUT2D eigenvalue weighted by atomic mass is 9.73. The zero-order valence-corrected chi connectivity index (χ0v) is 32.0. The van der Waals surface area contributed by atoms with E-state index in [4.69, 9.17) is 0 Å². The first-order valence-electron chi connectivity index (χ1n) is 18.9. The minimum atomic E-state index is -0.162. The van der Waals surface area contributed by atoms with Gasteiger partial charge < -0.3 is 9.80 Å². The maximum atomic E-state index is 2.52. The van der Waals surface area contributed by atoms with Gasteiger partial charge in [-0.3, -0.25) is 0 Å². The Balaban J connectivity index is 1.08. The van der Waals surface area contributed by atoms with Gasteiger partial charge in [-0.2, -0.15) is 0 Å². The number of fused-ring (bicyclic) bond motifs is 13. The van der Waals surface area contributed by atoms with E-state index in [1.165, 1.54) is 108 Å². The van der Waals surface area contributed by atoms with E-state index in [0.29, 0.717) is 0 Å². The highest BCUT2D eigenvalue weighted by Gasteiger charge is 2.37. The van der Waals surface area contributed by atoms with Gasteiger partial charge in [-0.1, -0.05) is 123 Å². The lowest BCUT2D eigenvalue weighted by Gasteiger charge is -2.42. The Morgan fingerprint density at radius 1 is 0.364 bits per heavy atom. The molecule has 55 heavy (non-hydrogen) atoms. The molecule has 0 saturated heterocycles. The number of para-hydroxylation sites is 3. The van der Waals surface area contributed by atoms with Crippen molar-refractivity contribution in [3.8, 4) is 0 Å². The van der Waals surface area contributed by atoms with Crippen LogP contribution in [0.4, 0.5) is 34.1 Å². The van der Waals surface area contributed by atoms with Gasteiger partial charge >= 0.3 is 0 Å². The molecule has 0 radical (unpaired) electrons. The number of hydrogen-bond donors (Lipinski definition) is 0. The Labute approximate surface area is 327 Å². The number of rotatable bonds is 2. The van der Waals surface area contributed by atoms with Gasteiger partial charge in [-0.15, -0.1) is 11.3 Å². The molecule has 2 aliphatic rings. The largest absolute Gasteiger partial charge is 0.310 e. The van der Waals surface area contributed by atoms with Crippen molar-refractivity contribution in [1.82, 2.24) is 0 Å². The predicted molar refractivity (Wildman–Crippen MR) is 237 cm³/mol. The van der Waals surface area contributed by atoms with Gasteiger partial charge in [0.15, 0.2) is 0 Å². The molecule has 0 unspecified atom stereocenters. The molecule has 260 valence electrons. The van der Waals surface area contributed by atoms with Crippen LogP contribution in [0.25, 0.3) is 52.5 Å². The molecule has 0 amide bonds. The SMILES string of the molecule is CC1(C)c2ccccc2N(c2ccc3c4ccc(N5c6ccccc6Sc6ccccc65)cc4c4ccccc4c3c2)c2cc3sc4ccccc4c3cc21. The quantitative estimate of drug-likeness (QED) is 0.163. The van der Waals surface area contributed by atoms with Gasteiger partial charge in [0.2, 0.25) is 0 Å². The van der Waals surface area contributed by atoms with Crippen molar-refractivity contribution in [1.29, 1.82) is 0 Å². The number of benzene rings is 9. The maximum absolute atomic E-state index is 2.52. The molecule has 12 rings (SSSR count). The second-order valence-corrected chi connectivity index (χ2v) is 17.5. The summed E-state index contributed by atoms with van der Waals surface area (Å²) in [7, 11) is 0. The molecule has 3 heterocycles. The summed E-state index contributed by atoms with van der Waals surface area (Å²) in [6.45, 7) is 4.77. The monoisotopic (exact) mass is 738 g/mol. The van der Waals surface area contributed by atoms with Gasteiger partial charge in [-0.05, 0) is 116 Å². The summed E-state index contributed by atoms with van der Waals surface area (Å²) in [5.41, 5.74) is 9.84. The lowest BCUT2D eigenvalue weighted by molar-refractivity contribution is 0.633. The van der Waals surface area contributed by atoms with Gasteiger partial charge in [0.1, 0.15) is 0 Å². The van der Waals surface area contributed by atoms with Gasteiger partial charge in [0.05, 0.1) is 22.7 Å². The fourth-order valence-electron chi connectivity index (χ4n) is 9.39. The predicted octanol–water partition coefficient (Wildman–Crippen LogP) is 15.6. The summed E-state index contributed by atoms with van der Waals surface area (Å²) in [4.78, 5) is 7.50. The average molecular weight is 739 g/mol. The molecule has 0 fully saturated rings. The molecule has 0 N–H and O–H groups in total. The highest BCUT2D eigenvalue weighted by Crippen LogP contribution is 2.55. The van der Waals surface area contributed by atoms with Crippen molar-refractivity contribution >= 4 is 110 Å². The Morgan fingerprint density at radius 2 is 0.873 bits per heavy atom. The van der Waals surface area contributed by atoms with Gasteiger partial charge in [0, 0.05) is 46.8 Å². The smallest absolute Gasteiger partial charge is 0.0601 e. The van der Waals surface area contributed by atoms with E-state index in [-0.39, 0.29) is 5.41 Å². The number of thiophene rings is 1. The fourth-order valence-corrected chi connectivity index (χ4v) is 11.6. The molecular formula is C51H34N2S2. The Bertz CT molecular complexity index is 3180. The molecule has 10 aromatic rings. The van der Waals surface area contributed by atoms with Crippen LogP contribution in [0.15, 0.2) is 180 Å². The third-order valence-corrected chi connectivity index (χ3v) is 14.2. The van der Waals surface area contributed by atoms with Crippen molar-refractivity contribution in [2.45, 2.75) is 29.1 Å². The number of hydrogen-bond acceptors (Lipinski definition) is 4. The van der Waals surface area contributed by atoms with Crippen molar-refractivity contribution < 1.29 is 0 Å². The summed E-state index contributed by atoms with van der Waals surface area (Å²) in [6.07, 6.45) is 0. The van der Waals surface area contributed by atoms with Crippen LogP contribution in [-0.4, -0.2) is 0 Å². The summed E-state index contributed by atoms with van der Waals surface area (Å²) in [5.74, 6) is 0. The van der Waals surface area contributed by atoms with E-state index >= 15 is 0 Å². The molecule has 9 aromatic carbocycles. The molecule has 0 aliphatic carbocycles. The molecule has 2 nitrogen and oxygen atoms in total. The van der Waals surface area contributed by atoms with Crippen LogP contribution in [0, 0.1) is 0 Å².